The Morgan fingerprint density at radius 2 is 1.38 bits per heavy atom. The number of hydrogen-bond acceptors (Lipinski definition) is 2. The summed E-state index contributed by atoms with van der Waals surface area (Å²) in [5.74, 6) is 0. The van der Waals surface area contributed by atoms with Crippen LogP contribution in [0, 0.1) is 0 Å². The van der Waals surface area contributed by atoms with Crippen molar-refractivity contribution in [1.29, 1.82) is 0 Å². The van der Waals surface area contributed by atoms with Crippen molar-refractivity contribution in [2.45, 2.75) is 3.29 Å². The van der Waals surface area contributed by atoms with Crippen LogP contribution in [-0.2, 0) is 0 Å². The SMILES string of the molecule is NC[CH](N)[Na].[NaH].[NaH].[NaH]. The Bertz CT molecular complexity index is 26.0. The fourth-order valence-corrected chi connectivity index (χ4v) is 0. The molecule has 0 aromatic heterocycles. The number of nitrogens with two attached hydrogens (primary N) is 2. The molecule has 32 valence electrons. The Kier molecular flexibility index (Phi) is 48.5. The van der Waals surface area contributed by atoms with E-state index in [4.69, 9.17) is 11.5 Å². The molecule has 0 heterocycles. The molecule has 2 nitrogen and oxygen atoms in total. The van der Waals surface area contributed by atoms with E-state index in [-0.39, 0.29) is 88.7 Å². The summed E-state index contributed by atoms with van der Waals surface area (Å²) in [5, 5.41) is 0. The van der Waals surface area contributed by atoms with E-state index in [1.54, 1.807) is 0 Å². The van der Waals surface area contributed by atoms with Gasteiger partial charge in [0.1, 0.15) is 0 Å². The molecule has 0 aromatic rings. The van der Waals surface area contributed by atoms with Crippen molar-refractivity contribution in [3.8, 4) is 0 Å². The van der Waals surface area contributed by atoms with Crippen LogP contribution in [0.5, 0.6) is 0 Å². The first kappa shape index (κ1) is 22.7. The molecule has 0 spiro atoms. The van der Waals surface area contributed by atoms with Gasteiger partial charge in [-0.15, -0.1) is 0 Å². The third kappa shape index (κ3) is 22.5. The van der Waals surface area contributed by atoms with Crippen LogP contribution in [0.3, 0.4) is 0 Å². The van der Waals surface area contributed by atoms with Crippen molar-refractivity contribution in [3.63, 3.8) is 0 Å². The molecule has 0 bridgehead atoms. The van der Waals surface area contributed by atoms with Crippen molar-refractivity contribution in [3.05, 3.63) is 0 Å². The Morgan fingerprint density at radius 3 is 1.38 bits per heavy atom. The Hall–Kier alpha value is 3.92. The zero-order chi connectivity index (χ0) is 4.28. The van der Waals surface area contributed by atoms with Crippen LogP contribution in [0.25, 0.3) is 0 Å². The van der Waals surface area contributed by atoms with Gasteiger partial charge in [0, 0.05) is 0 Å². The van der Waals surface area contributed by atoms with E-state index in [0.717, 1.165) is 27.9 Å². The first-order chi connectivity index (χ1) is 2.27. The molecule has 0 aliphatic rings. The molecule has 0 radical (unpaired) electrons. The molecule has 8 heavy (non-hydrogen) atoms. The maximum atomic E-state index is 5.23. The van der Waals surface area contributed by atoms with E-state index in [1.807, 2.05) is 0 Å². The molecular weight excluding hydrogens is 144 g/mol. The zero-order valence-corrected chi connectivity index (χ0v) is 5.44. The molecule has 0 saturated heterocycles. The maximum absolute atomic E-state index is 5.23. The van der Waals surface area contributed by atoms with Crippen molar-refractivity contribution >= 4 is 117 Å². The van der Waals surface area contributed by atoms with Crippen LogP contribution in [-0.4, -0.2) is 126 Å². The second-order valence-corrected chi connectivity index (χ2v) is 2.70. The Balaban J connectivity index is -0.0000000267. The van der Waals surface area contributed by atoms with Crippen molar-refractivity contribution < 1.29 is 0 Å². The summed E-state index contributed by atoms with van der Waals surface area (Å²) in [4.78, 5) is 0. The molecule has 1 atom stereocenters. The van der Waals surface area contributed by atoms with Gasteiger partial charge < -0.3 is 0 Å². The van der Waals surface area contributed by atoms with Crippen LogP contribution < -0.4 is 11.5 Å². The van der Waals surface area contributed by atoms with Gasteiger partial charge in [0.25, 0.3) is 0 Å². The van der Waals surface area contributed by atoms with Gasteiger partial charge in [-0.3, -0.25) is 0 Å². The van der Waals surface area contributed by atoms with E-state index in [9.17, 15) is 0 Å². The summed E-state index contributed by atoms with van der Waals surface area (Å²) in [6.45, 7) is 0.645. The van der Waals surface area contributed by atoms with Crippen LogP contribution >= 0.6 is 0 Å². The van der Waals surface area contributed by atoms with E-state index in [1.165, 1.54) is 0 Å². The summed E-state index contributed by atoms with van der Waals surface area (Å²) in [5.41, 5.74) is 10.3. The topological polar surface area (TPSA) is 52.0 Å². The molecule has 0 fully saturated rings. The third-order valence-electron chi connectivity index (χ3n) is 0.372. The fraction of sp³-hybridized carbons (Fsp3) is 1.00. The first-order valence-corrected chi connectivity index (χ1v) is 2.88. The van der Waals surface area contributed by atoms with Gasteiger partial charge in [-0.25, -0.2) is 0 Å². The molecule has 0 aliphatic carbocycles. The van der Waals surface area contributed by atoms with Crippen LogP contribution in [0.1, 0.15) is 0 Å². The van der Waals surface area contributed by atoms with Crippen molar-refractivity contribution in [1.82, 2.24) is 0 Å². The Labute approximate surface area is 135 Å². The average Bonchev–Trinajstić information content (AvgIpc) is 1.38. The quantitative estimate of drug-likeness (QED) is 0.384. The second-order valence-electron chi connectivity index (χ2n) is 1.21. The van der Waals surface area contributed by atoms with Crippen LogP contribution in [0.4, 0.5) is 0 Å². The van der Waals surface area contributed by atoms with Crippen molar-refractivity contribution in [2.75, 3.05) is 6.54 Å². The molecule has 4 N–H and O–H groups in total. The minimum absolute atomic E-state index is 0. The fourth-order valence-electron chi connectivity index (χ4n) is 0. The molecule has 0 aliphatic heterocycles. The summed E-state index contributed by atoms with van der Waals surface area (Å²) in [7, 11) is 0. The van der Waals surface area contributed by atoms with Crippen molar-refractivity contribution in [2.24, 2.45) is 11.5 Å². The molecule has 0 amide bonds. The normalized spacial score (nSPS) is 9.50. The number of hydrogen-bond donors (Lipinski definition) is 2. The number of rotatable bonds is 1. The van der Waals surface area contributed by atoms with E-state index >= 15 is 0 Å². The monoisotopic (exact) mass is 154 g/mol. The first-order valence-electron chi connectivity index (χ1n) is 1.73. The van der Waals surface area contributed by atoms with Crippen LogP contribution in [0.2, 0.25) is 0 Å². The van der Waals surface area contributed by atoms with Gasteiger partial charge in [-0.1, -0.05) is 0 Å². The third-order valence-corrected chi connectivity index (χ3v) is 0.843. The summed E-state index contributed by atoms with van der Waals surface area (Å²) >= 11 is 1.02. The molecular formula is C2H10N2Na4. The summed E-state index contributed by atoms with van der Waals surface area (Å²) in [6.07, 6.45) is 0. The van der Waals surface area contributed by atoms with Crippen LogP contribution in [0.15, 0.2) is 0 Å². The van der Waals surface area contributed by atoms with Gasteiger partial charge in [-0.2, -0.15) is 0 Å². The minimum atomic E-state index is 0. The predicted octanol–water partition coefficient (Wildman–Crippen LogP) is -3.55. The zero-order valence-electron chi connectivity index (χ0n) is 3.44. The predicted molar refractivity (Wildman–Crippen MR) is 44.2 cm³/mol. The Morgan fingerprint density at radius 1 is 1.25 bits per heavy atom. The van der Waals surface area contributed by atoms with Gasteiger partial charge in [0.15, 0.2) is 0 Å². The average molecular weight is 154 g/mol. The summed E-state index contributed by atoms with van der Waals surface area (Å²) < 4.78 is 0.301. The van der Waals surface area contributed by atoms with E-state index < -0.39 is 0 Å². The van der Waals surface area contributed by atoms with Gasteiger partial charge in [-0.05, 0) is 0 Å². The van der Waals surface area contributed by atoms with Gasteiger partial charge in [0.05, 0.1) is 0 Å². The molecule has 0 rings (SSSR count). The molecule has 0 saturated carbocycles. The summed E-state index contributed by atoms with van der Waals surface area (Å²) in [6, 6.07) is 0. The van der Waals surface area contributed by atoms with E-state index in [0.29, 0.717) is 9.84 Å². The standard InChI is InChI=1S/C2H7N2.4Na.3H/c3-1-2-4;;;;;;;/h1H,2-4H2;;;;;;;. The molecule has 0 aromatic carbocycles. The molecule has 6 heteroatoms. The van der Waals surface area contributed by atoms with Gasteiger partial charge >= 0.3 is 138 Å². The van der Waals surface area contributed by atoms with E-state index in [2.05, 4.69) is 0 Å². The van der Waals surface area contributed by atoms with Gasteiger partial charge in [0.2, 0.25) is 0 Å². The second kappa shape index (κ2) is 17.1. The molecule has 1 unspecified atom stereocenters.